The standard InChI is InChI=1S/C14H21N3O2/c1-9(12(18)17-15)16-13(19)10-5-7-11(8-6-10)14(2,3)4/h5-9H,15H2,1-4H3,(H,16,19)(H,17,18)/t9-/m0/s1. The van der Waals surface area contributed by atoms with Gasteiger partial charge in [0.15, 0.2) is 0 Å². The van der Waals surface area contributed by atoms with Gasteiger partial charge in [-0.05, 0) is 30.0 Å². The van der Waals surface area contributed by atoms with E-state index < -0.39 is 11.9 Å². The van der Waals surface area contributed by atoms with Gasteiger partial charge in [-0.1, -0.05) is 32.9 Å². The number of hydrogen-bond acceptors (Lipinski definition) is 3. The lowest BCUT2D eigenvalue weighted by atomic mass is 9.86. The molecule has 1 atom stereocenters. The first-order valence-electron chi connectivity index (χ1n) is 6.17. The van der Waals surface area contributed by atoms with E-state index in [-0.39, 0.29) is 11.3 Å². The molecule has 0 aliphatic heterocycles. The molecule has 0 spiro atoms. The molecule has 104 valence electrons. The van der Waals surface area contributed by atoms with Crippen molar-refractivity contribution in [3.05, 3.63) is 35.4 Å². The molecule has 5 heteroatoms. The van der Waals surface area contributed by atoms with Gasteiger partial charge in [0, 0.05) is 5.56 Å². The van der Waals surface area contributed by atoms with Gasteiger partial charge in [-0.15, -0.1) is 0 Å². The first-order valence-corrected chi connectivity index (χ1v) is 6.17. The number of carbonyl (C=O) groups is 2. The molecule has 0 aliphatic rings. The van der Waals surface area contributed by atoms with Crippen LogP contribution in [0.4, 0.5) is 0 Å². The maximum absolute atomic E-state index is 11.9. The molecule has 0 saturated carbocycles. The highest BCUT2D eigenvalue weighted by Crippen LogP contribution is 2.22. The average Bonchev–Trinajstić information content (AvgIpc) is 2.36. The van der Waals surface area contributed by atoms with Crippen molar-refractivity contribution in [2.75, 3.05) is 0 Å². The Kier molecular flexibility index (Phi) is 4.67. The van der Waals surface area contributed by atoms with Crippen LogP contribution >= 0.6 is 0 Å². The number of hydrazine groups is 1. The topological polar surface area (TPSA) is 84.2 Å². The van der Waals surface area contributed by atoms with Crippen molar-refractivity contribution >= 4 is 11.8 Å². The first kappa shape index (κ1) is 15.2. The summed E-state index contributed by atoms with van der Waals surface area (Å²) in [5, 5.41) is 2.57. The van der Waals surface area contributed by atoms with Crippen LogP contribution in [0, 0.1) is 0 Å². The second-order valence-electron chi connectivity index (χ2n) is 5.53. The van der Waals surface area contributed by atoms with Gasteiger partial charge < -0.3 is 5.32 Å². The van der Waals surface area contributed by atoms with Gasteiger partial charge in [0.1, 0.15) is 6.04 Å². The van der Waals surface area contributed by atoms with Crippen LogP contribution in [0.3, 0.4) is 0 Å². The lowest BCUT2D eigenvalue weighted by Gasteiger charge is -2.19. The summed E-state index contributed by atoms with van der Waals surface area (Å²) >= 11 is 0. The van der Waals surface area contributed by atoms with Crippen LogP contribution in [0.5, 0.6) is 0 Å². The van der Waals surface area contributed by atoms with Gasteiger partial charge in [0.2, 0.25) is 0 Å². The number of benzene rings is 1. The molecule has 4 N–H and O–H groups in total. The van der Waals surface area contributed by atoms with Gasteiger partial charge in [-0.25, -0.2) is 5.84 Å². The highest BCUT2D eigenvalue weighted by molar-refractivity contribution is 5.97. The zero-order chi connectivity index (χ0) is 14.6. The van der Waals surface area contributed by atoms with E-state index in [9.17, 15) is 9.59 Å². The molecule has 1 aromatic carbocycles. The number of carbonyl (C=O) groups excluding carboxylic acids is 2. The van der Waals surface area contributed by atoms with Gasteiger partial charge in [-0.3, -0.25) is 15.0 Å². The number of rotatable bonds is 3. The molecule has 0 unspecified atom stereocenters. The van der Waals surface area contributed by atoms with Crippen LogP contribution in [0.1, 0.15) is 43.6 Å². The predicted molar refractivity (Wildman–Crippen MR) is 74.4 cm³/mol. The van der Waals surface area contributed by atoms with Gasteiger partial charge in [0.25, 0.3) is 11.8 Å². The van der Waals surface area contributed by atoms with Crippen molar-refractivity contribution in [2.45, 2.75) is 39.2 Å². The SMILES string of the molecule is C[C@H](NC(=O)c1ccc(C(C)(C)C)cc1)C(=O)NN. The fraction of sp³-hybridized carbons (Fsp3) is 0.429. The molecule has 0 heterocycles. The molecule has 0 bridgehead atoms. The number of nitrogens with one attached hydrogen (secondary N) is 2. The van der Waals surface area contributed by atoms with Gasteiger partial charge in [0.05, 0.1) is 0 Å². The maximum atomic E-state index is 11.9. The van der Waals surface area contributed by atoms with Crippen LogP contribution in [0.15, 0.2) is 24.3 Å². The first-order chi connectivity index (χ1) is 8.75. The third kappa shape index (κ3) is 4.06. The normalized spacial score (nSPS) is 12.7. The Morgan fingerprint density at radius 3 is 2.11 bits per heavy atom. The van der Waals surface area contributed by atoms with Crippen molar-refractivity contribution < 1.29 is 9.59 Å². The highest BCUT2D eigenvalue weighted by atomic mass is 16.2. The molecule has 5 nitrogen and oxygen atoms in total. The average molecular weight is 263 g/mol. The summed E-state index contributed by atoms with van der Waals surface area (Å²) in [6.45, 7) is 7.89. The summed E-state index contributed by atoms with van der Waals surface area (Å²) < 4.78 is 0. The second kappa shape index (κ2) is 5.84. The fourth-order valence-electron chi connectivity index (χ4n) is 1.59. The number of hydrogen-bond donors (Lipinski definition) is 3. The molecule has 0 fully saturated rings. The molecular weight excluding hydrogens is 242 g/mol. The summed E-state index contributed by atoms with van der Waals surface area (Å²) in [6.07, 6.45) is 0. The largest absolute Gasteiger partial charge is 0.340 e. The minimum atomic E-state index is -0.667. The monoisotopic (exact) mass is 263 g/mol. The van der Waals surface area contributed by atoms with Crippen LogP contribution < -0.4 is 16.6 Å². The Bertz CT molecular complexity index is 461. The van der Waals surface area contributed by atoms with Crippen LogP contribution in [-0.4, -0.2) is 17.9 Å². The molecular formula is C14H21N3O2. The number of nitrogens with two attached hydrogens (primary N) is 1. The third-order valence-corrected chi connectivity index (χ3v) is 2.90. The predicted octanol–water partition coefficient (Wildman–Crippen LogP) is 1.09. The van der Waals surface area contributed by atoms with E-state index in [1.165, 1.54) is 0 Å². The van der Waals surface area contributed by atoms with Crippen LogP contribution in [0.25, 0.3) is 0 Å². The second-order valence-corrected chi connectivity index (χ2v) is 5.53. The Labute approximate surface area is 113 Å². The van der Waals surface area contributed by atoms with E-state index in [1.54, 1.807) is 19.1 Å². The van der Waals surface area contributed by atoms with E-state index in [1.807, 2.05) is 17.6 Å². The van der Waals surface area contributed by atoms with Gasteiger partial charge in [-0.2, -0.15) is 0 Å². The van der Waals surface area contributed by atoms with Crippen molar-refractivity contribution in [2.24, 2.45) is 5.84 Å². The van der Waals surface area contributed by atoms with Crippen molar-refractivity contribution in [1.82, 2.24) is 10.7 Å². The third-order valence-electron chi connectivity index (χ3n) is 2.90. The minimum absolute atomic E-state index is 0.0434. The lowest BCUT2D eigenvalue weighted by Crippen LogP contribution is -2.47. The van der Waals surface area contributed by atoms with E-state index in [0.29, 0.717) is 5.56 Å². The summed E-state index contributed by atoms with van der Waals surface area (Å²) in [7, 11) is 0. The molecule has 0 saturated heterocycles. The zero-order valence-electron chi connectivity index (χ0n) is 11.8. The molecule has 1 rings (SSSR count). The summed E-state index contributed by atoms with van der Waals surface area (Å²) in [5.41, 5.74) is 3.71. The Morgan fingerprint density at radius 1 is 1.16 bits per heavy atom. The summed E-state index contributed by atoms with van der Waals surface area (Å²) in [5.74, 6) is 4.28. The Hall–Kier alpha value is -1.88. The lowest BCUT2D eigenvalue weighted by molar-refractivity contribution is -0.122. The van der Waals surface area contributed by atoms with Crippen LogP contribution in [-0.2, 0) is 10.2 Å². The highest BCUT2D eigenvalue weighted by Gasteiger charge is 2.17. The molecule has 0 radical (unpaired) electrons. The summed E-state index contributed by atoms with van der Waals surface area (Å²) in [6, 6.07) is 6.68. The van der Waals surface area contributed by atoms with Crippen LogP contribution in [0.2, 0.25) is 0 Å². The zero-order valence-corrected chi connectivity index (χ0v) is 11.8. The smallest absolute Gasteiger partial charge is 0.256 e. The van der Waals surface area contributed by atoms with E-state index in [0.717, 1.165) is 5.56 Å². The number of amides is 2. The minimum Gasteiger partial charge on any atom is -0.340 e. The molecule has 0 aromatic heterocycles. The Balaban J connectivity index is 2.76. The fourth-order valence-corrected chi connectivity index (χ4v) is 1.59. The summed E-state index contributed by atoms with van der Waals surface area (Å²) in [4.78, 5) is 23.1. The van der Waals surface area contributed by atoms with E-state index in [4.69, 9.17) is 5.84 Å². The molecule has 1 aromatic rings. The van der Waals surface area contributed by atoms with Crippen molar-refractivity contribution in [1.29, 1.82) is 0 Å². The van der Waals surface area contributed by atoms with Crippen molar-refractivity contribution in [3.8, 4) is 0 Å². The van der Waals surface area contributed by atoms with E-state index in [2.05, 4.69) is 26.1 Å². The van der Waals surface area contributed by atoms with E-state index >= 15 is 0 Å². The van der Waals surface area contributed by atoms with Crippen molar-refractivity contribution in [3.63, 3.8) is 0 Å². The molecule has 0 aliphatic carbocycles. The Morgan fingerprint density at radius 2 is 1.68 bits per heavy atom. The quantitative estimate of drug-likeness (QED) is 0.433. The maximum Gasteiger partial charge on any atom is 0.256 e. The van der Waals surface area contributed by atoms with Gasteiger partial charge >= 0.3 is 0 Å². The molecule has 2 amide bonds. The molecule has 19 heavy (non-hydrogen) atoms.